The predicted octanol–water partition coefficient (Wildman–Crippen LogP) is 1.85. The summed E-state index contributed by atoms with van der Waals surface area (Å²) in [6.45, 7) is 1.92. The van der Waals surface area contributed by atoms with Gasteiger partial charge in [-0.3, -0.25) is 0 Å². The number of benzene rings is 1. The highest BCUT2D eigenvalue weighted by atomic mass is 32.2. The van der Waals surface area contributed by atoms with Crippen molar-refractivity contribution in [2.45, 2.75) is 17.9 Å². The van der Waals surface area contributed by atoms with E-state index < -0.39 is 0 Å². The molecule has 0 aliphatic heterocycles. The van der Waals surface area contributed by atoms with Gasteiger partial charge in [-0.05, 0) is 25.1 Å². The molecule has 1 rings (SSSR count). The second kappa shape index (κ2) is 4.48. The molecule has 0 aliphatic rings. The first-order chi connectivity index (χ1) is 6.09. The fraction of sp³-hybridized carbons (Fsp3) is 0.333. The van der Waals surface area contributed by atoms with Crippen molar-refractivity contribution in [1.29, 1.82) is 0 Å². The molecule has 2 nitrogen and oxygen atoms in total. The lowest BCUT2D eigenvalue weighted by atomic mass is 10.3. The average molecular weight is 200 g/mol. The number of rotatable bonds is 3. The Morgan fingerprint density at radius 2 is 2.23 bits per heavy atom. The zero-order valence-electron chi connectivity index (χ0n) is 7.46. The van der Waals surface area contributed by atoms with Gasteiger partial charge in [0.2, 0.25) is 0 Å². The lowest BCUT2D eigenvalue weighted by molar-refractivity contribution is 0.629. The van der Waals surface area contributed by atoms with Crippen molar-refractivity contribution >= 4 is 17.4 Å². The molecule has 72 valence electrons. The zero-order chi connectivity index (χ0) is 9.84. The fourth-order valence-corrected chi connectivity index (χ4v) is 1.63. The lowest BCUT2D eigenvalue weighted by Crippen LogP contribution is -2.17. The number of nitrogen functional groups attached to an aromatic ring is 1. The van der Waals surface area contributed by atoms with E-state index in [1.807, 2.05) is 6.92 Å². The summed E-state index contributed by atoms with van der Waals surface area (Å²) in [5.74, 6) is 0.415. The Balaban J connectivity index is 2.63. The first kappa shape index (κ1) is 10.3. The van der Waals surface area contributed by atoms with E-state index in [0.29, 0.717) is 0 Å². The first-order valence-electron chi connectivity index (χ1n) is 4.03. The Hall–Kier alpha value is -0.740. The maximum Gasteiger partial charge on any atom is 0.147 e. The lowest BCUT2D eigenvalue weighted by Gasteiger charge is -2.05. The quantitative estimate of drug-likeness (QED) is 0.578. The number of halogens is 1. The van der Waals surface area contributed by atoms with Crippen molar-refractivity contribution in [2.75, 3.05) is 11.5 Å². The van der Waals surface area contributed by atoms with Crippen LogP contribution in [0.15, 0.2) is 23.1 Å². The van der Waals surface area contributed by atoms with Crippen molar-refractivity contribution < 1.29 is 4.39 Å². The molecule has 0 saturated carbocycles. The normalized spacial score (nSPS) is 12.8. The van der Waals surface area contributed by atoms with Crippen LogP contribution in [0.2, 0.25) is 0 Å². The Morgan fingerprint density at radius 1 is 1.54 bits per heavy atom. The second-order valence-electron chi connectivity index (χ2n) is 2.97. The van der Waals surface area contributed by atoms with E-state index in [1.54, 1.807) is 12.1 Å². The molecule has 1 aromatic rings. The predicted molar refractivity (Wildman–Crippen MR) is 55.2 cm³/mol. The van der Waals surface area contributed by atoms with Crippen molar-refractivity contribution in [2.24, 2.45) is 5.73 Å². The molecule has 4 heteroatoms. The van der Waals surface area contributed by atoms with Crippen LogP contribution in [-0.4, -0.2) is 11.8 Å². The van der Waals surface area contributed by atoms with Crippen molar-refractivity contribution in [3.8, 4) is 0 Å². The Labute approximate surface area is 81.5 Å². The molecule has 0 spiro atoms. The number of hydrogen-bond acceptors (Lipinski definition) is 3. The van der Waals surface area contributed by atoms with Crippen LogP contribution in [0.4, 0.5) is 10.1 Å². The Bertz CT molecular complexity index is 289. The Kier molecular flexibility index (Phi) is 3.57. The third-order valence-electron chi connectivity index (χ3n) is 1.48. The van der Waals surface area contributed by atoms with Gasteiger partial charge in [0, 0.05) is 16.7 Å². The third-order valence-corrected chi connectivity index (χ3v) is 2.76. The molecule has 1 unspecified atom stereocenters. The largest absolute Gasteiger partial charge is 0.396 e. The monoisotopic (exact) mass is 200 g/mol. The first-order valence-corrected chi connectivity index (χ1v) is 5.01. The van der Waals surface area contributed by atoms with Crippen LogP contribution in [0.5, 0.6) is 0 Å². The molecular formula is C9H13FN2S. The maximum absolute atomic E-state index is 12.9. The number of nitrogens with two attached hydrogens (primary N) is 2. The van der Waals surface area contributed by atoms with Gasteiger partial charge in [-0.15, -0.1) is 11.8 Å². The minimum absolute atomic E-state index is 0.116. The molecule has 4 N–H and O–H groups in total. The molecule has 1 atom stereocenters. The molecule has 0 saturated heterocycles. The molecular weight excluding hydrogens is 187 g/mol. The zero-order valence-corrected chi connectivity index (χ0v) is 8.27. The molecule has 0 aliphatic carbocycles. The minimum Gasteiger partial charge on any atom is -0.396 e. The summed E-state index contributed by atoms with van der Waals surface area (Å²) in [5, 5.41) is 0. The Morgan fingerprint density at radius 3 is 2.77 bits per heavy atom. The van der Waals surface area contributed by atoms with Crippen LogP contribution in [-0.2, 0) is 0 Å². The van der Waals surface area contributed by atoms with E-state index in [-0.39, 0.29) is 17.5 Å². The van der Waals surface area contributed by atoms with Crippen molar-refractivity contribution in [3.63, 3.8) is 0 Å². The van der Waals surface area contributed by atoms with E-state index in [2.05, 4.69) is 0 Å². The van der Waals surface area contributed by atoms with Gasteiger partial charge in [0.05, 0.1) is 5.69 Å². The highest BCUT2D eigenvalue weighted by molar-refractivity contribution is 7.99. The molecule has 0 radical (unpaired) electrons. The van der Waals surface area contributed by atoms with E-state index in [0.717, 1.165) is 10.6 Å². The molecule has 0 aromatic heterocycles. The highest BCUT2D eigenvalue weighted by Gasteiger charge is 2.01. The van der Waals surface area contributed by atoms with Crippen LogP contribution in [0, 0.1) is 5.82 Å². The van der Waals surface area contributed by atoms with Gasteiger partial charge in [0.1, 0.15) is 5.82 Å². The number of hydrogen-bond donors (Lipinski definition) is 2. The van der Waals surface area contributed by atoms with Crippen LogP contribution in [0.1, 0.15) is 6.92 Å². The summed E-state index contributed by atoms with van der Waals surface area (Å²) >= 11 is 1.53. The summed E-state index contributed by atoms with van der Waals surface area (Å²) in [4.78, 5) is 0.865. The summed E-state index contributed by atoms with van der Waals surface area (Å²) in [6.07, 6.45) is 0. The maximum atomic E-state index is 12.9. The van der Waals surface area contributed by atoms with Gasteiger partial charge in [0.25, 0.3) is 0 Å². The topological polar surface area (TPSA) is 52.0 Å². The minimum atomic E-state index is -0.366. The molecule has 1 aromatic carbocycles. The SMILES string of the molecule is CC(N)CSc1ccc(N)c(F)c1. The number of anilines is 1. The summed E-state index contributed by atoms with van der Waals surface area (Å²) in [5.41, 5.74) is 11.1. The van der Waals surface area contributed by atoms with Crippen LogP contribution < -0.4 is 11.5 Å². The third kappa shape index (κ3) is 3.24. The average Bonchev–Trinajstić information content (AvgIpc) is 2.07. The van der Waals surface area contributed by atoms with E-state index in [9.17, 15) is 4.39 Å². The van der Waals surface area contributed by atoms with Crippen LogP contribution in [0.25, 0.3) is 0 Å². The number of thioether (sulfide) groups is 1. The van der Waals surface area contributed by atoms with Crippen LogP contribution >= 0.6 is 11.8 Å². The van der Waals surface area contributed by atoms with Gasteiger partial charge >= 0.3 is 0 Å². The van der Waals surface area contributed by atoms with Gasteiger partial charge in [-0.1, -0.05) is 0 Å². The fourth-order valence-electron chi connectivity index (χ4n) is 0.825. The van der Waals surface area contributed by atoms with Crippen LogP contribution in [0.3, 0.4) is 0 Å². The molecule has 0 bridgehead atoms. The second-order valence-corrected chi connectivity index (χ2v) is 4.07. The smallest absolute Gasteiger partial charge is 0.147 e. The van der Waals surface area contributed by atoms with Gasteiger partial charge in [-0.2, -0.15) is 0 Å². The van der Waals surface area contributed by atoms with E-state index in [4.69, 9.17) is 11.5 Å². The highest BCUT2D eigenvalue weighted by Crippen LogP contribution is 2.22. The standard InChI is InChI=1S/C9H13FN2S/c1-6(11)5-13-7-2-3-9(12)8(10)4-7/h2-4,6H,5,11-12H2,1H3. The van der Waals surface area contributed by atoms with Gasteiger partial charge in [-0.25, -0.2) is 4.39 Å². The van der Waals surface area contributed by atoms with E-state index >= 15 is 0 Å². The van der Waals surface area contributed by atoms with Crippen molar-refractivity contribution in [1.82, 2.24) is 0 Å². The van der Waals surface area contributed by atoms with Gasteiger partial charge < -0.3 is 11.5 Å². The van der Waals surface area contributed by atoms with Gasteiger partial charge in [0.15, 0.2) is 0 Å². The van der Waals surface area contributed by atoms with E-state index in [1.165, 1.54) is 17.8 Å². The summed E-state index contributed by atoms with van der Waals surface area (Å²) in [6, 6.07) is 4.91. The molecule has 13 heavy (non-hydrogen) atoms. The molecule has 0 fully saturated rings. The van der Waals surface area contributed by atoms with Crippen molar-refractivity contribution in [3.05, 3.63) is 24.0 Å². The summed E-state index contributed by atoms with van der Waals surface area (Å²) in [7, 11) is 0. The molecule has 0 amide bonds. The summed E-state index contributed by atoms with van der Waals surface area (Å²) < 4.78 is 12.9. The molecule has 0 heterocycles.